The van der Waals surface area contributed by atoms with Crippen LogP contribution in [0.4, 0.5) is 6.01 Å². The minimum atomic E-state index is -3.40. The van der Waals surface area contributed by atoms with Crippen molar-refractivity contribution < 1.29 is 17.6 Å². The van der Waals surface area contributed by atoms with Gasteiger partial charge in [0.1, 0.15) is 5.69 Å². The van der Waals surface area contributed by atoms with E-state index in [2.05, 4.69) is 20.6 Å². The van der Waals surface area contributed by atoms with Crippen LogP contribution >= 0.6 is 0 Å². The first-order valence-electron chi connectivity index (χ1n) is 7.79. The highest BCUT2D eigenvalue weighted by Gasteiger charge is 2.17. The smallest absolute Gasteiger partial charge is 0.322 e. The summed E-state index contributed by atoms with van der Waals surface area (Å²) in [6.07, 6.45) is 0. The fourth-order valence-corrected chi connectivity index (χ4v) is 3.28. The van der Waals surface area contributed by atoms with Gasteiger partial charge in [0, 0.05) is 12.6 Å². The van der Waals surface area contributed by atoms with Gasteiger partial charge in [0.25, 0.3) is 11.8 Å². The second-order valence-corrected chi connectivity index (χ2v) is 7.87. The number of amides is 1. The summed E-state index contributed by atoms with van der Waals surface area (Å²) in [6.45, 7) is 3.38. The first-order chi connectivity index (χ1) is 12.3. The third kappa shape index (κ3) is 3.49. The molecule has 2 heterocycles. The number of aromatic nitrogens is 4. The van der Waals surface area contributed by atoms with Crippen molar-refractivity contribution in [3.05, 3.63) is 41.6 Å². The van der Waals surface area contributed by atoms with Crippen LogP contribution in [0.3, 0.4) is 0 Å². The number of nitrogens with one attached hydrogen (secondary N) is 1. The number of carbonyl (C=O) groups excluding carboxylic acids is 1. The molecule has 0 radical (unpaired) electrons. The van der Waals surface area contributed by atoms with Crippen LogP contribution in [0.5, 0.6) is 0 Å². The van der Waals surface area contributed by atoms with Gasteiger partial charge in [0.15, 0.2) is 9.84 Å². The Morgan fingerprint density at radius 1 is 1.27 bits per heavy atom. The predicted molar refractivity (Wildman–Crippen MR) is 93.4 cm³/mol. The van der Waals surface area contributed by atoms with Gasteiger partial charge in [-0.3, -0.25) is 14.8 Å². The van der Waals surface area contributed by atoms with Crippen LogP contribution in [0.1, 0.15) is 23.0 Å². The Hall–Kier alpha value is -3.01. The monoisotopic (exact) mass is 375 g/mol. The van der Waals surface area contributed by atoms with E-state index in [0.29, 0.717) is 5.69 Å². The normalized spacial score (nSPS) is 11.5. The molecule has 3 rings (SSSR count). The summed E-state index contributed by atoms with van der Waals surface area (Å²) >= 11 is 0. The Kier molecular flexibility index (Phi) is 4.60. The molecule has 136 valence electrons. The maximum absolute atomic E-state index is 12.3. The highest BCUT2D eigenvalue weighted by Crippen LogP contribution is 2.21. The fraction of sp³-hybridized carbons (Fsp3) is 0.250. The molecule has 0 spiro atoms. The predicted octanol–water partition coefficient (Wildman–Crippen LogP) is 1.82. The van der Waals surface area contributed by atoms with Crippen LogP contribution in [-0.2, 0) is 16.9 Å². The summed E-state index contributed by atoms with van der Waals surface area (Å²) < 4.78 is 30.9. The molecule has 0 aliphatic heterocycles. The number of anilines is 1. The SMILES string of the molecule is CCS(=O)(=O)c1cccc(C(=O)Nc2nnc(-c3cc(C)nn3C)o2)c1. The summed E-state index contributed by atoms with van der Waals surface area (Å²) in [7, 11) is -1.66. The summed E-state index contributed by atoms with van der Waals surface area (Å²) in [5.74, 6) is -0.380. The Balaban J connectivity index is 1.81. The summed E-state index contributed by atoms with van der Waals surface area (Å²) in [5.41, 5.74) is 1.59. The number of nitrogens with zero attached hydrogens (tertiary/aromatic N) is 4. The first-order valence-corrected chi connectivity index (χ1v) is 9.44. The van der Waals surface area contributed by atoms with Crippen LogP contribution in [-0.4, -0.2) is 40.1 Å². The maximum atomic E-state index is 12.3. The molecule has 0 aliphatic carbocycles. The van der Waals surface area contributed by atoms with Crippen molar-refractivity contribution in [3.8, 4) is 11.6 Å². The minimum Gasteiger partial charge on any atom is -0.401 e. The molecule has 0 aliphatic rings. The van der Waals surface area contributed by atoms with Crippen molar-refractivity contribution in [3.63, 3.8) is 0 Å². The van der Waals surface area contributed by atoms with Crippen LogP contribution in [0.15, 0.2) is 39.6 Å². The molecule has 3 aromatic rings. The molecule has 0 bridgehead atoms. The number of benzene rings is 1. The van der Waals surface area contributed by atoms with E-state index < -0.39 is 15.7 Å². The number of aryl methyl sites for hydroxylation is 2. The van der Waals surface area contributed by atoms with Gasteiger partial charge < -0.3 is 4.42 Å². The zero-order valence-electron chi connectivity index (χ0n) is 14.4. The summed E-state index contributed by atoms with van der Waals surface area (Å²) in [5, 5.41) is 14.3. The number of rotatable bonds is 5. The molecule has 0 fully saturated rings. The zero-order valence-corrected chi connectivity index (χ0v) is 15.2. The lowest BCUT2D eigenvalue weighted by molar-refractivity contribution is 0.102. The Morgan fingerprint density at radius 2 is 2.04 bits per heavy atom. The molecule has 2 aromatic heterocycles. The van der Waals surface area contributed by atoms with Gasteiger partial charge in [-0.2, -0.15) is 5.10 Å². The van der Waals surface area contributed by atoms with E-state index in [-0.39, 0.29) is 28.1 Å². The van der Waals surface area contributed by atoms with Crippen LogP contribution in [0, 0.1) is 6.92 Å². The molecular weight excluding hydrogens is 358 g/mol. The number of carbonyl (C=O) groups is 1. The molecule has 26 heavy (non-hydrogen) atoms. The summed E-state index contributed by atoms with van der Waals surface area (Å²) in [4.78, 5) is 12.4. The van der Waals surface area contributed by atoms with Gasteiger partial charge in [-0.15, -0.1) is 5.10 Å². The van der Waals surface area contributed by atoms with Crippen LogP contribution in [0.25, 0.3) is 11.6 Å². The van der Waals surface area contributed by atoms with E-state index >= 15 is 0 Å². The number of hydrogen-bond acceptors (Lipinski definition) is 7. The van der Waals surface area contributed by atoms with Crippen LogP contribution < -0.4 is 5.32 Å². The van der Waals surface area contributed by atoms with Gasteiger partial charge in [0.05, 0.1) is 16.3 Å². The van der Waals surface area contributed by atoms with Gasteiger partial charge in [0.2, 0.25) is 0 Å². The summed E-state index contributed by atoms with van der Waals surface area (Å²) in [6, 6.07) is 7.47. The number of sulfone groups is 1. The molecule has 0 saturated heterocycles. The van der Waals surface area contributed by atoms with Crippen molar-refractivity contribution >= 4 is 21.8 Å². The lowest BCUT2D eigenvalue weighted by atomic mass is 10.2. The maximum Gasteiger partial charge on any atom is 0.322 e. The lowest BCUT2D eigenvalue weighted by Gasteiger charge is -2.04. The first kappa shape index (κ1) is 17.8. The number of hydrogen-bond donors (Lipinski definition) is 1. The Labute approximate surface area is 150 Å². The molecule has 0 unspecified atom stereocenters. The van der Waals surface area contributed by atoms with Crippen LogP contribution in [0.2, 0.25) is 0 Å². The van der Waals surface area contributed by atoms with E-state index in [0.717, 1.165) is 5.69 Å². The van der Waals surface area contributed by atoms with E-state index in [1.807, 2.05) is 6.92 Å². The quantitative estimate of drug-likeness (QED) is 0.722. The van der Waals surface area contributed by atoms with E-state index in [9.17, 15) is 13.2 Å². The second kappa shape index (κ2) is 6.71. The van der Waals surface area contributed by atoms with E-state index in [1.165, 1.54) is 24.3 Å². The molecule has 0 saturated carbocycles. The average molecular weight is 375 g/mol. The van der Waals surface area contributed by atoms with E-state index in [4.69, 9.17) is 4.42 Å². The highest BCUT2D eigenvalue weighted by atomic mass is 32.2. The Morgan fingerprint density at radius 3 is 2.69 bits per heavy atom. The van der Waals surface area contributed by atoms with Crippen molar-refractivity contribution in [2.75, 3.05) is 11.1 Å². The Bertz CT molecular complexity index is 1070. The van der Waals surface area contributed by atoms with Gasteiger partial charge >= 0.3 is 6.01 Å². The molecule has 1 N–H and O–H groups in total. The topological polar surface area (TPSA) is 120 Å². The highest BCUT2D eigenvalue weighted by molar-refractivity contribution is 7.91. The zero-order chi connectivity index (χ0) is 18.9. The van der Waals surface area contributed by atoms with Crippen molar-refractivity contribution in [2.45, 2.75) is 18.7 Å². The van der Waals surface area contributed by atoms with Crippen molar-refractivity contribution in [1.29, 1.82) is 0 Å². The molecule has 1 amide bonds. The standard InChI is InChI=1S/C16H17N5O4S/c1-4-26(23,24)12-7-5-6-11(9-12)14(22)17-16-19-18-15(25-16)13-8-10(2)20-21(13)3/h5-9H,4H2,1-3H3,(H,17,19,22). The second-order valence-electron chi connectivity index (χ2n) is 5.59. The lowest BCUT2D eigenvalue weighted by Crippen LogP contribution is -2.13. The molecule has 0 atom stereocenters. The fourth-order valence-electron chi connectivity index (χ4n) is 2.35. The molecule has 1 aromatic carbocycles. The van der Waals surface area contributed by atoms with Crippen molar-refractivity contribution in [1.82, 2.24) is 20.0 Å². The third-order valence-corrected chi connectivity index (χ3v) is 5.43. The third-order valence-electron chi connectivity index (χ3n) is 3.70. The van der Waals surface area contributed by atoms with Gasteiger partial charge in [-0.25, -0.2) is 8.42 Å². The molecule has 9 nitrogen and oxygen atoms in total. The largest absolute Gasteiger partial charge is 0.401 e. The van der Waals surface area contributed by atoms with Crippen molar-refractivity contribution in [2.24, 2.45) is 7.05 Å². The minimum absolute atomic E-state index is 0.0464. The van der Waals surface area contributed by atoms with Gasteiger partial charge in [-0.05, 0) is 31.2 Å². The molecular formula is C16H17N5O4S. The average Bonchev–Trinajstić information content (AvgIpc) is 3.20. The van der Waals surface area contributed by atoms with Gasteiger partial charge in [-0.1, -0.05) is 18.1 Å². The van der Waals surface area contributed by atoms with E-state index in [1.54, 1.807) is 24.7 Å². The molecule has 10 heteroatoms.